The minimum Gasteiger partial charge on any atom is -0.392 e. The van der Waals surface area contributed by atoms with Gasteiger partial charge in [-0.15, -0.1) is 0 Å². The summed E-state index contributed by atoms with van der Waals surface area (Å²) < 4.78 is 1.77. The molecule has 1 saturated carbocycles. The molecule has 1 saturated heterocycles. The molecule has 26 heavy (non-hydrogen) atoms. The van der Waals surface area contributed by atoms with Gasteiger partial charge in [-0.05, 0) is 31.4 Å². The van der Waals surface area contributed by atoms with Gasteiger partial charge in [-0.3, -0.25) is 5.32 Å². The highest BCUT2D eigenvalue weighted by Crippen LogP contribution is 2.37. The molecule has 3 atom stereocenters. The Hall–Kier alpha value is -2.05. The molecule has 2 N–H and O–H groups in total. The van der Waals surface area contributed by atoms with Gasteiger partial charge in [0.2, 0.25) is 0 Å². The number of hydrogen-bond acceptors (Lipinski definition) is 3. The van der Waals surface area contributed by atoms with Gasteiger partial charge in [-0.2, -0.15) is 5.10 Å². The Labute approximate surface area is 157 Å². The van der Waals surface area contributed by atoms with Crippen LogP contribution in [0.4, 0.5) is 10.6 Å². The summed E-state index contributed by atoms with van der Waals surface area (Å²) in [6, 6.07) is 9.36. The van der Waals surface area contributed by atoms with Crippen LogP contribution >= 0.6 is 11.6 Å². The minimum absolute atomic E-state index is 0.130. The number of benzene rings is 1. The lowest BCUT2D eigenvalue weighted by Gasteiger charge is -2.35. The fourth-order valence-electron chi connectivity index (χ4n) is 4.10. The molecule has 1 unspecified atom stereocenters. The number of carbonyl (C=O) groups excluding carboxylic acids is 1. The van der Waals surface area contributed by atoms with Gasteiger partial charge in [-0.1, -0.05) is 29.8 Å². The molecular formula is C19H23ClN4O2. The first-order valence-corrected chi connectivity index (χ1v) is 9.41. The molecule has 4 rings (SSSR count). The summed E-state index contributed by atoms with van der Waals surface area (Å²) in [6.07, 6.45) is 1.74. The maximum absolute atomic E-state index is 12.7. The van der Waals surface area contributed by atoms with Crippen molar-refractivity contribution in [1.82, 2.24) is 14.7 Å². The zero-order valence-electron chi connectivity index (χ0n) is 14.7. The summed E-state index contributed by atoms with van der Waals surface area (Å²) in [7, 11) is 0. The zero-order valence-corrected chi connectivity index (χ0v) is 15.5. The van der Waals surface area contributed by atoms with Crippen molar-refractivity contribution in [3.05, 3.63) is 46.6 Å². The van der Waals surface area contributed by atoms with Gasteiger partial charge in [0, 0.05) is 36.0 Å². The van der Waals surface area contributed by atoms with Gasteiger partial charge < -0.3 is 10.0 Å². The maximum Gasteiger partial charge on any atom is 0.323 e. The highest BCUT2D eigenvalue weighted by molar-refractivity contribution is 6.31. The smallest absolute Gasteiger partial charge is 0.323 e. The summed E-state index contributed by atoms with van der Waals surface area (Å²) in [6.45, 7) is 3.62. The maximum atomic E-state index is 12.7. The number of halogens is 1. The number of piperidine rings is 1. The number of aliphatic hydroxyl groups excluding tert-OH is 1. The van der Waals surface area contributed by atoms with Crippen molar-refractivity contribution >= 4 is 23.4 Å². The highest BCUT2D eigenvalue weighted by Gasteiger charge is 2.42. The summed E-state index contributed by atoms with van der Waals surface area (Å²) in [5, 5.41) is 18.3. The molecule has 2 aliphatic rings. The second-order valence-corrected chi connectivity index (χ2v) is 7.75. The number of nitrogens with one attached hydrogen (secondary N) is 1. The van der Waals surface area contributed by atoms with E-state index in [2.05, 4.69) is 10.4 Å². The molecule has 0 radical (unpaired) electrons. The number of fused-ring (bicyclic) bond motifs is 2. The zero-order chi connectivity index (χ0) is 18.3. The summed E-state index contributed by atoms with van der Waals surface area (Å²) >= 11 is 6.25. The molecule has 2 bridgehead atoms. The number of urea groups is 1. The topological polar surface area (TPSA) is 70.4 Å². The second-order valence-electron chi connectivity index (χ2n) is 7.34. The molecule has 2 heterocycles. The minimum atomic E-state index is -0.257. The lowest BCUT2D eigenvalue weighted by atomic mass is 9.95. The first-order valence-electron chi connectivity index (χ1n) is 9.03. The fourth-order valence-corrected chi connectivity index (χ4v) is 4.30. The van der Waals surface area contributed by atoms with E-state index in [1.165, 1.54) is 0 Å². The van der Waals surface area contributed by atoms with Crippen molar-refractivity contribution in [3.8, 4) is 0 Å². The van der Waals surface area contributed by atoms with E-state index in [9.17, 15) is 9.90 Å². The summed E-state index contributed by atoms with van der Waals surface area (Å²) in [5.74, 6) is 1.06. The molecule has 1 aromatic heterocycles. The molecule has 1 aliphatic carbocycles. The number of aryl methyl sites for hydroxylation is 1. The Kier molecular flexibility index (Phi) is 4.63. The number of nitrogens with zero attached hydrogens (tertiary/aromatic N) is 3. The standard InChI is InChI=1S/C19H23ClN4O2/c1-12-8-17(24(22-12)11-13-4-2-3-5-16(13)20)21-19(26)23-9-14-6-7-15(10-23)18(14)25/h2-5,8,14-15,18,25H,6-7,9-11H2,1H3,(H,21,26)/t14-,15+,18?. The molecule has 2 fully saturated rings. The van der Waals surface area contributed by atoms with Crippen LogP contribution in [-0.2, 0) is 6.54 Å². The van der Waals surface area contributed by atoms with Crippen molar-refractivity contribution < 1.29 is 9.90 Å². The Morgan fingerprint density at radius 3 is 2.69 bits per heavy atom. The molecule has 1 aromatic carbocycles. The van der Waals surface area contributed by atoms with Crippen molar-refractivity contribution in [2.45, 2.75) is 32.4 Å². The third kappa shape index (κ3) is 3.31. The number of carbonyl (C=O) groups is 1. The molecule has 6 nitrogen and oxygen atoms in total. The van der Waals surface area contributed by atoms with Crippen LogP contribution < -0.4 is 5.32 Å². The van der Waals surface area contributed by atoms with Crippen molar-refractivity contribution in [1.29, 1.82) is 0 Å². The molecule has 138 valence electrons. The van der Waals surface area contributed by atoms with Crippen LogP contribution in [0.1, 0.15) is 24.1 Å². The molecule has 2 amide bonds. The second kappa shape index (κ2) is 6.93. The van der Waals surface area contributed by atoms with Crippen LogP contribution in [0.2, 0.25) is 5.02 Å². The Morgan fingerprint density at radius 2 is 2.00 bits per heavy atom. The van der Waals surface area contributed by atoms with Crippen LogP contribution in [0.3, 0.4) is 0 Å². The van der Waals surface area contributed by atoms with Crippen LogP contribution in [0.25, 0.3) is 0 Å². The summed E-state index contributed by atoms with van der Waals surface area (Å²) in [4.78, 5) is 14.6. The Balaban J connectivity index is 1.48. The number of hydrogen-bond donors (Lipinski definition) is 2. The number of aromatic nitrogens is 2. The van der Waals surface area contributed by atoms with Gasteiger partial charge >= 0.3 is 6.03 Å². The van der Waals surface area contributed by atoms with E-state index in [0.29, 0.717) is 30.5 Å². The quantitative estimate of drug-likeness (QED) is 0.867. The van der Waals surface area contributed by atoms with Crippen LogP contribution in [0, 0.1) is 18.8 Å². The van der Waals surface area contributed by atoms with E-state index in [-0.39, 0.29) is 24.0 Å². The largest absolute Gasteiger partial charge is 0.392 e. The van der Waals surface area contributed by atoms with Crippen molar-refractivity contribution in [2.75, 3.05) is 18.4 Å². The molecular weight excluding hydrogens is 352 g/mol. The third-order valence-electron chi connectivity index (χ3n) is 5.49. The third-order valence-corrected chi connectivity index (χ3v) is 5.86. The lowest BCUT2D eigenvalue weighted by molar-refractivity contribution is 0.0326. The van der Waals surface area contributed by atoms with Gasteiger partial charge in [0.1, 0.15) is 5.82 Å². The van der Waals surface area contributed by atoms with Gasteiger partial charge in [0.25, 0.3) is 0 Å². The predicted octanol–water partition coefficient (Wildman–Crippen LogP) is 3.13. The Morgan fingerprint density at radius 1 is 1.31 bits per heavy atom. The van der Waals surface area contributed by atoms with Crippen LogP contribution in [0.5, 0.6) is 0 Å². The Bertz CT molecular complexity index is 808. The normalized spacial score (nSPS) is 24.7. The monoisotopic (exact) mass is 374 g/mol. The first kappa shape index (κ1) is 17.4. The number of anilines is 1. The summed E-state index contributed by atoms with van der Waals surface area (Å²) in [5.41, 5.74) is 1.79. The van der Waals surface area contributed by atoms with Gasteiger partial charge in [-0.25, -0.2) is 9.48 Å². The van der Waals surface area contributed by atoms with Crippen LogP contribution in [-0.4, -0.2) is 45.0 Å². The molecule has 0 spiro atoms. The van der Waals surface area contributed by atoms with E-state index >= 15 is 0 Å². The van der Waals surface area contributed by atoms with E-state index in [1.54, 1.807) is 4.68 Å². The van der Waals surface area contributed by atoms with Crippen molar-refractivity contribution in [2.24, 2.45) is 11.8 Å². The number of likely N-dealkylation sites (tertiary alicyclic amines) is 1. The SMILES string of the molecule is Cc1cc(NC(=O)N2C[C@H]3CC[C@@H](C2)C3O)n(Cc2ccccc2Cl)n1. The van der Waals surface area contributed by atoms with E-state index in [0.717, 1.165) is 24.1 Å². The highest BCUT2D eigenvalue weighted by atomic mass is 35.5. The van der Waals surface area contributed by atoms with Gasteiger partial charge in [0.15, 0.2) is 0 Å². The van der Waals surface area contributed by atoms with E-state index < -0.39 is 0 Å². The number of amides is 2. The van der Waals surface area contributed by atoms with Gasteiger partial charge in [0.05, 0.1) is 18.3 Å². The van der Waals surface area contributed by atoms with Crippen molar-refractivity contribution in [3.63, 3.8) is 0 Å². The number of rotatable bonds is 3. The van der Waals surface area contributed by atoms with Crippen LogP contribution in [0.15, 0.2) is 30.3 Å². The van der Waals surface area contributed by atoms with E-state index in [4.69, 9.17) is 11.6 Å². The number of aliphatic hydroxyl groups is 1. The first-order chi connectivity index (χ1) is 12.5. The van der Waals surface area contributed by atoms with E-state index in [1.807, 2.05) is 42.2 Å². The average molecular weight is 375 g/mol. The lowest BCUT2D eigenvalue weighted by Crippen LogP contribution is -2.49. The predicted molar refractivity (Wildman–Crippen MR) is 100 cm³/mol. The molecule has 2 aromatic rings. The molecule has 1 aliphatic heterocycles. The average Bonchev–Trinajstić information content (AvgIpc) is 3.02. The fraction of sp³-hybridized carbons (Fsp3) is 0.474. The molecule has 7 heteroatoms.